The topological polar surface area (TPSA) is 66.8 Å². The molecule has 0 spiro atoms. The van der Waals surface area contributed by atoms with Gasteiger partial charge in [-0.15, -0.1) is 0 Å². The Morgan fingerprint density at radius 1 is 1.32 bits per heavy atom. The molecule has 1 fully saturated rings. The van der Waals surface area contributed by atoms with E-state index in [4.69, 9.17) is 22.1 Å². The van der Waals surface area contributed by atoms with Crippen LogP contribution in [0.25, 0.3) is 6.08 Å². The Hall–Kier alpha value is -1.86. The first-order valence-electron chi connectivity index (χ1n) is 8.22. The molecule has 0 aromatic heterocycles. The van der Waals surface area contributed by atoms with Crippen molar-refractivity contribution < 1.29 is 19.4 Å². The molecule has 0 atom stereocenters. The van der Waals surface area contributed by atoms with Crippen LogP contribution in [0.4, 0.5) is 0 Å². The number of carboxylic acids is 1. The van der Waals surface area contributed by atoms with Gasteiger partial charge in [-0.05, 0) is 31.9 Å². The number of ether oxygens (including phenoxy) is 1. The molecule has 1 aromatic carbocycles. The third-order valence-electron chi connectivity index (χ3n) is 3.65. The van der Waals surface area contributed by atoms with Gasteiger partial charge < -0.3 is 9.84 Å². The molecule has 1 saturated heterocycles. The second-order valence-corrected chi connectivity index (χ2v) is 7.18. The zero-order chi connectivity index (χ0) is 18.2. The number of unbranched alkanes of at least 4 members (excludes halogenated alkanes) is 2. The lowest BCUT2D eigenvalue weighted by Gasteiger charge is -2.13. The first-order valence-corrected chi connectivity index (χ1v) is 9.44. The van der Waals surface area contributed by atoms with Gasteiger partial charge in [0.05, 0.1) is 11.5 Å². The highest BCUT2D eigenvalue weighted by molar-refractivity contribution is 8.26. The standard InChI is InChI=1S/C18H21NO4S2/c1-2-23-14-9-6-5-8-13(14)12-15-17(22)19(18(24)25-15)11-7-3-4-10-16(20)21/h5-6,8-9,12H,2-4,7,10-11H2,1H3,(H,20,21). The number of rotatable bonds is 9. The monoisotopic (exact) mass is 379 g/mol. The highest BCUT2D eigenvalue weighted by Gasteiger charge is 2.31. The van der Waals surface area contributed by atoms with E-state index in [0.717, 1.165) is 24.2 Å². The van der Waals surface area contributed by atoms with Gasteiger partial charge in [0.1, 0.15) is 10.1 Å². The summed E-state index contributed by atoms with van der Waals surface area (Å²) in [6.45, 7) is 3.00. The van der Waals surface area contributed by atoms with Gasteiger partial charge in [0, 0.05) is 18.5 Å². The molecule has 2 rings (SSSR count). The van der Waals surface area contributed by atoms with Crippen molar-refractivity contribution in [1.82, 2.24) is 4.90 Å². The molecular weight excluding hydrogens is 358 g/mol. The number of benzene rings is 1. The zero-order valence-electron chi connectivity index (χ0n) is 14.1. The van der Waals surface area contributed by atoms with Crippen LogP contribution in [0.2, 0.25) is 0 Å². The number of carbonyl (C=O) groups excluding carboxylic acids is 1. The van der Waals surface area contributed by atoms with E-state index >= 15 is 0 Å². The molecule has 0 unspecified atom stereocenters. The Kier molecular flexibility index (Phi) is 7.46. The molecule has 1 aromatic rings. The highest BCUT2D eigenvalue weighted by Crippen LogP contribution is 2.34. The molecule has 25 heavy (non-hydrogen) atoms. The molecule has 1 aliphatic rings. The number of para-hydroxylation sites is 1. The number of thiocarbonyl (C=S) groups is 1. The van der Waals surface area contributed by atoms with Crippen molar-refractivity contribution in [3.8, 4) is 5.75 Å². The molecule has 1 N–H and O–H groups in total. The molecule has 0 saturated carbocycles. The van der Waals surface area contributed by atoms with E-state index < -0.39 is 5.97 Å². The van der Waals surface area contributed by atoms with Crippen LogP contribution in [0.15, 0.2) is 29.2 Å². The van der Waals surface area contributed by atoms with Gasteiger partial charge >= 0.3 is 5.97 Å². The van der Waals surface area contributed by atoms with Crippen LogP contribution >= 0.6 is 24.0 Å². The fourth-order valence-electron chi connectivity index (χ4n) is 2.44. The first-order chi connectivity index (χ1) is 12.0. The van der Waals surface area contributed by atoms with E-state index in [1.54, 1.807) is 4.90 Å². The number of carbonyl (C=O) groups is 2. The number of carboxylic acid groups (broad SMARTS) is 1. The van der Waals surface area contributed by atoms with Crippen molar-refractivity contribution >= 4 is 46.3 Å². The Labute approximate surface area is 157 Å². The summed E-state index contributed by atoms with van der Waals surface area (Å²) in [5.41, 5.74) is 0.853. The molecule has 0 radical (unpaired) electrons. The minimum absolute atomic E-state index is 0.0977. The maximum absolute atomic E-state index is 12.6. The lowest BCUT2D eigenvalue weighted by molar-refractivity contribution is -0.137. The smallest absolute Gasteiger partial charge is 0.303 e. The van der Waals surface area contributed by atoms with Gasteiger partial charge in [-0.1, -0.05) is 48.6 Å². The van der Waals surface area contributed by atoms with Gasteiger partial charge in [-0.25, -0.2) is 0 Å². The van der Waals surface area contributed by atoms with Crippen molar-refractivity contribution in [2.45, 2.75) is 32.6 Å². The van der Waals surface area contributed by atoms with E-state index in [2.05, 4.69) is 0 Å². The Morgan fingerprint density at radius 2 is 2.08 bits per heavy atom. The molecule has 5 nitrogen and oxygen atoms in total. The van der Waals surface area contributed by atoms with Gasteiger partial charge in [0.25, 0.3) is 5.91 Å². The van der Waals surface area contributed by atoms with E-state index in [0.29, 0.717) is 28.8 Å². The fourth-order valence-corrected chi connectivity index (χ4v) is 3.74. The van der Waals surface area contributed by atoms with Crippen LogP contribution in [0, 0.1) is 0 Å². The average molecular weight is 380 g/mol. The van der Waals surface area contributed by atoms with Gasteiger partial charge in [0.15, 0.2) is 0 Å². The van der Waals surface area contributed by atoms with Crippen LogP contribution in [0.5, 0.6) is 5.75 Å². The molecule has 1 heterocycles. The maximum atomic E-state index is 12.6. The summed E-state index contributed by atoms with van der Waals surface area (Å²) in [5, 5.41) is 8.64. The maximum Gasteiger partial charge on any atom is 0.303 e. The predicted octanol–water partition coefficient (Wildman–Crippen LogP) is 3.93. The summed E-state index contributed by atoms with van der Waals surface area (Å²) in [6.07, 6.45) is 4.08. The number of hydrogen-bond acceptors (Lipinski definition) is 5. The minimum Gasteiger partial charge on any atom is -0.493 e. The summed E-state index contributed by atoms with van der Waals surface area (Å²) in [4.78, 5) is 25.3. The summed E-state index contributed by atoms with van der Waals surface area (Å²) < 4.78 is 6.13. The average Bonchev–Trinajstić information content (AvgIpc) is 2.83. The largest absolute Gasteiger partial charge is 0.493 e. The lowest BCUT2D eigenvalue weighted by atomic mass is 10.1. The lowest BCUT2D eigenvalue weighted by Crippen LogP contribution is -2.29. The second-order valence-electron chi connectivity index (χ2n) is 5.51. The van der Waals surface area contributed by atoms with Crippen molar-refractivity contribution in [3.63, 3.8) is 0 Å². The van der Waals surface area contributed by atoms with E-state index in [1.165, 1.54) is 11.8 Å². The van der Waals surface area contributed by atoms with Crippen LogP contribution in [-0.4, -0.2) is 39.4 Å². The van der Waals surface area contributed by atoms with Crippen molar-refractivity contribution in [2.75, 3.05) is 13.2 Å². The van der Waals surface area contributed by atoms with Gasteiger partial charge in [-0.3, -0.25) is 14.5 Å². The highest BCUT2D eigenvalue weighted by atomic mass is 32.2. The Morgan fingerprint density at radius 3 is 2.80 bits per heavy atom. The van der Waals surface area contributed by atoms with Crippen LogP contribution in [0.1, 0.15) is 38.2 Å². The van der Waals surface area contributed by atoms with Crippen molar-refractivity contribution in [3.05, 3.63) is 34.7 Å². The quantitative estimate of drug-likeness (QED) is 0.398. The molecule has 1 aliphatic heterocycles. The SMILES string of the molecule is CCOc1ccccc1C=C1SC(=S)N(CCCCCC(=O)O)C1=O. The first kappa shape index (κ1) is 19.5. The fraction of sp³-hybridized carbons (Fsp3) is 0.389. The Bertz CT molecular complexity index is 687. The molecular formula is C18H21NO4S2. The van der Waals surface area contributed by atoms with Crippen molar-refractivity contribution in [1.29, 1.82) is 0 Å². The summed E-state index contributed by atoms with van der Waals surface area (Å²) in [5.74, 6) is -0.148. The second kappa shape index (κ2) is 9.58. The van der Waals surface area contributed by atoms with Gasteiger partial charge in [-0.2, -0.15) is 0 Å². The van der Waals surface area contributed by atoms with Crippen LogP contribution < -0.4 is 4.74 Å². The zero-order valence-corrected chi connectivity index (χ0v) is 15.7. The number of thioether (sulfide) groups is 1. The van der Waals surface area contributed by atoms with Crippen LogP contribution in [-0.2, 0) is 9.59 Å². The van der Waals surface area contributed by atoms with Crippen molar-refractivity contribution in [2.24, 2.45) is 0 Å². The third kappa shape index (κ3) is 5.57. The van der Waals surface area contributed by atoms with E-state index in [9.17, 15) is 9.59 Å². The summed E-state index contributed by atoms with van der Waals surface area (Å²) in [7, 11) is 0. The summed E-state index contributed by atoms with van der Waals surface area (Å²) in [6, 6.07) is 7.57. The summed E-state index contributed by atoms with van der Waals surface area (Å²) >= 11 is 6.61. The predicted molar refractivity (Wildman–Crippen MR) is 104 cm³/mol. The molecule has 1 amide bonds. The molecule has 7 heteroatoms. The molecule has 134 valence electrons. The molecule has 0 bridgehead atoms. The number of amides is 1. The number of hydrogen-bond donors (Lipinski definition) is 1. The van der Waals surface area contributed by atoms with Crippen LogP contribution in [0.3, 0.4) is 0 Å². The normalized spacial score (nSPS) is 15.9. The molecule has 0 aliphatic carbocycles. The minimum atomic E-state index is -0.790. The number of nitrogens with zero attached hydrogens (tertiary/aromatic N) is 1. The third-order valence-corrected chi connectivity index (χ3v) is 5.03. The number of aliphatic carboxylic acids is 1. The van der Waals surface area contributed by atoms with Gasteiger partial charge in [0.2, 0.25) is 0 Å². The van der Waals surface area contributed by atoms with E-state index in [-0.39, 0.29) is 12.3 Å². The Balaban J connectivity index is 1.99. The van der Waals surface area contributed by atoms with E-state index in [1.807, 2.05) is 37.3 Å².